The molecule has 3 rings (SSSR count). The van der Waals surface area contributed by atoms with E-state index in [9.17, 15) is 18.0 Å². The molecule has 0 unspecified atom stereocenters. The summed E-state index contributed by atoms with van der Waals surface area (Å²) in [5.41, 5.74) is 1.80. The predicted octanol–water partition coefficient (Wildman–Crippen LogP) is 3.75. The van der Waals surface area contributed by atoms with Crippen LogP contribution in [-0.2, 0) is 14.8 Å². The number of amides is 2. The number of hydrogen-bond donors (Lipinski definition) is 2. The van der Waals surface area contributed by atoms with Gasteiger partial charge in [-0.2, -0.15) is 0 Å². The molecule has 0 spiro atoms. The van der Waals surface area contributed by atoms with Crippen molar-refractivity contribution in [1.29, 1.82) is 0 Å². The number of carbonyl (C=O) groups excluding carboxylic acids is 2. The highest BCUT2D eigenvalue weighted by Crippen LogP contribution is 2.26. The minimum absolute atomic E-state index is 0.0101. The zero-order valence-corrected chi connectivity index (χ0v) is 20.3. The number of anilines is 2. The molecule has 3 aromatic carbocycles. The van der Waals surface area contributed by atoms with Gasteiger partial charge in [0.1, 0.15) is 12.3 Å². The summed E-state index contributed by atoms with van der Waals surface area (Å²) >= 11 is 0. The van der Waals surface area contributed by atoms with Crippen LogP contribution in [0.3, 0.4) is 0 Å². The molecule has 0 aliphatic heterocycles. The Morgan fingerprint density at radius 1 is 1.00 bits per heavy atom. The average molecular weight is 494 g/mol. The second-order valence-electron chi connectivity index (χ2n) is 7.62. The lowest BCUT2D eigenvalue weighted by Gasteiger charge is -2.24. The number of aryl methyl sites for hydroxylation is 1. The van der Waals surface area contributed by atoms with Crippen molar-refractivity contribution >= 4 is 33.2 Å². The van der Waals surface area contributed by atoms with Crippen LogP contribution in [0, 0.1) is 6.92 Å². The molecule has 8 nitrogen and oxygen atoms in total. The molecule has 2 amide bonds. The number of para-hydroxylation sites is 1. The molecule has 0 saturated carbocycles. The van der Waals surface area contributed by atoms with E-state index < -0.39 is 22.5 Å². The lowest BCUT2D eigenvalue weighted by atomic mass is 10.1. The molecule has 9 heteroatoms. The Labute approximate surface area is 205 Å². The molecule has 0 bridgehead atoms. The number of carbonyl (C=O) groups is 2. The zero-order valence-electron chi connectivity index (χ0n) is 19.5. The molecule has 182 valence electrons. The normalized spacial score (nSPS) is 10.8. The summed E-state index contributed by atoms with van der Waals surface area (Å²) in [4.78, 5) is 25.5. The predicted molar refractivity (Wildman–Crippen MR) is 136 cm³/mol. The monoisotopic (exact) mass is 493 g/mol. The summed E-state index contributed by atoms with van der Waals surface area (Å²) in [6.45, 7) is 5.22. The van der Waals surface area contributed by atoms with Gasteiger partial charge in [-0.3, -0.25) is 13.9 Å². The molecule has 0 atom stereocenters. The first-order valence-corrected chi connectivity index (χ1v) is 12.2. The molecule has 3 aromatic rings. The molecule has 0 fully saturated rings. The van der Waals surface area contributed by atoms with Crippen molar-refractivity contribution in [3.8, 4) is 5.75 Å². The molecule has 2 N–H and O–H groups in total. The third kappa shape index (κ3) is 6.27. The minimum Gasteiger partial charge on any atom is -0.497 e. The lowest BCUT2D eigenvalue weighted by molar-refractivity contribution is -0.114. The smallest absolute Gasteiger partial charge is 0.264 e. The number of rotatable bonds is 10. The fourth-order valence-electron chi connectivity index (χ4n) is 3.27. The highest BCUT2D eigenvalue weighted by molar-refractivity contribution is 7.92. The zero-order chi connectivity index (χ0) is 25.4. The Morgan fingerprint density at radius 2 is 1.66 bits per heavy atom. The van der Waals surface area contributed by atoms with Gasteiger partial charge < -0.3 is 15.4 Å². The van der Waals surface area contributed by atoms with E-state index in [0.717, 1.165) is 9.87 Å². The number of hydrogen-bond acceptors (Lipinski definition) is 5. The summed E-state index contributed by atoms with van der Waals surface area (Å²) in [6.07, 6.45) is 1.54. The van der Waals surface area contributed by atoms with Crippen molar-refractivity contribution in [2.45, 2.75) is 11.8 Å². The van der Waals surface area contributed by atoms with E-state index in [1.54, 1.807) is 66.7 Å². The Kier molecular flexibility index (Phi) is 8.27. The standard InChI is InChI=1S/C26H27N3O5S/c1-4-17-27-26(31)23-7-5-6-8-24(23)28-25(30)18-29(20-11-9-19(2)10-12-20)35(32,33)22-15-13-21(34-3)14-16-22/h4-16H,1,17-18H2,2-3H3,(H,27,31)(H,28,30). The largest absolute Gasteiger partial charge is 0.497 e. The Bertz CT molecular complexity index is 1300. The molecule has 0 heterocycles. The molecular weight excluding hydrogens is 466 g/mol. The lowest BCUT2D eigenvalue weighted by Crippen LogP contribution is -2.38. The summed E-state index contributed by atoms with van der Waals surface area (Å²) in [5, 5.41) is 5.33. The molecule has 35 heavy (non-hydrogen) atoms. The van der Waals surface area contributed by atoms with Gasteiger partial charge in [0.05, 0.1) is 28.9 Å². The van der Waals surface area contributed by atoms with Crippen LogP contribution in [0.4, 0.5) is 11.4 Å². The van der Waals surface area contributed by atoms with Gasteiger partial charge in [-0.1, -0.05) is 35.9 Å². The first kappa shape index (κ1) is 25.5. The van der Waals surface area contributed by atoms with E-state index in [-0.39, 0.29) is 28.6 Å². The molecule has 0 aliphatic rings. The summed E-state index contributed by atoms with van der Waals surface area (Å²) in [7, 11) is -2.60. The maximum Gasteiger partial charge on any atom is 0.264 e. The van der Waals surface area contributed by atoms with E-state index in [0.29, 0.717) is 11.4 Å². The Balaban J connectivity index is 1.91. The molecule has 0 saturated heterocycles. The van der Waals surface area contributed by atoms with Crippen molar-refractivity contribution < 1.29 is 22.7 Å². The summed E-state index contributed by atoms with van der Waals surface area (Å²) in [6, 6.07) is 19.2. The third-order valence-corrected chi connectivity index (χ3v) is 6.90. The maximum absolute atomic E-state index is 13.5. The van der Waals surface area contributed by atoms with Crippen LogP contribution in [0.15, 0.2) is 90.3 Å². The number of ether oxygens (including phenoxy) is 1. The Hall–Kier alpha value is -4.11. The third-order valence-electron chi connectivity index (χ3n) is 5.11. The van der Waals surface area contributed by atoms with Crippen LogP contribution < -0.4 is 19.7 Å². The van der Waals surface area contributed by atoms with Gasteiger partial charge >= 0.3 is 0 Å². The van der Waals surface area contributed by atoms with Crippen molar-refractivity contribution in [3.63, 3.8) is 0 Å². The quantitative estimate of drug-likeness (QED) is 0.419. The van der Waals surface area contributed by atoms with Gasteiger partial charge in [0.15, 0.2) is 0 Å². The van der Waals surface area contributed by atoms with Crippen LogP contribution in [0.2, 0.25) is 0 Å². The fraction of sp³-hybridized carbons (Fsp3) is 0.154. The van der Waals surface area contributed by atoms with E-state index in [1.165, 1.54) is 19.2 Å². The van der Waals surface area contributed by atoms with Gasteiger partial charge in [0.2, 0.25) is 5.91 Å². The topological polar surface area (TPSA) is 105 Å². The maximum atomic E-state index is 13.5. The number of sulfonamides is 1. The number of benzene rings is 3. The van der Waals surface area contributed by atoms with E-state index in [4.69, 9.17) is 4.74 Å². The van der Waals surface area contributed by atoms with Crippen molar-refractivity contribution in [1.82, 2.24) is 5.32 Å². The summed E-state index contributed by atoms with van der Waals surface area (Å²) < 4.78 is 33.2. The second-order valence-corrected chi connectivity index (χ2v) is 9.48. The van der Waals surface area contributed by atoms with E-state index in [1.807, 2.05) is 6.92 Å². The van der Waals surface area contributed by atoms with Gasteiger partial charge in [-0.05, 0) is 55.5 Å². The number of methoxy groups -OCH3 is 1. The van der Waals surface area contributed by atoms with Crippen molar-refractivity contribution in [3.05, 3.63) is 96.6 Å². The van der Waals surface area contributed by atoms with Gasteiger partial charge in [0, 0.05) is 6.54 Å². The molecule has 0 aliphatic carbocycles. The molecule has 0 radical (unpaired) electrons. The van der Waals surface area contributed by atoms with Crippen LogP contribution in [-0.4, -0.2) is 40.4 Å². The number of nitrogens with zero attached hydrogens (tertiary/aromatic N) is 1. The SMILES string of the molecule is C=CCNC(=O)c1ccccc1NC(=O)CN(c1ccc(C)cc1)S(=O)(=O)c1ccc(OC)cc1. The van der Waals surface area contributed by atoms with Crippen molar-refractivity contribution in [2.24, 2.45) is 0 Å². The van der Waals surface area contributed by atoms with E-state index >= 15 is 0 Å². The molecular formula is C26H27N3O5S. The average Bonchev–Trinajstić information content (AvgIpc) is 2.86. The molecule has 0 aromatic heterocycles. The van der Waals surface area contributed by atoms with Crippen LogP contribution in [0.5, 0.6) is 5.75 Å². The van der Waals surface area contributed by atoms with Gasteiger partial charge in [-0.25, -0.2) is 8.42 Å². The highest BCUT2D eigenvalue weighted by atomic mass is 32.2. The van der Waals surface area contributed by atoms with Crippen LogP contribution in [0.25, 0.3) is 0 Å². The first-order chi connectivity index (χ1) is 16.8. The number of nitrogens with one attached hydrogen (secondary N) is 2. The minimum atomic E-state index is -4.09. The first-order valence-electron chi connectivity index (χ1n) is 10.8. The fourth-order valence-corrected chi connectivity index (χ4v) is 4.69. The van der Waals surface area contributed by atoms with Gasteiger partial charge in [-0.15, -0.1) is 6.58 Å². The Morgan fingerprint density at radius 3 is 2.29 bits per heavy atom. The van der Waals surface area contributed by atoms with Gasteiger partial charge in [0.25, 0.3) is 15.9 Å². The second kappa shape index (κ2) is 11.3. The van der Waals surface area contributed by atoms with Crippen LogP contribution >= 0.6 is 0 Å². The summed E-state index contributed by atoms with van der Waals surface area (Å²) in [5.74, 6) is -0.483. The van der Waals surface area contributed by atoms with Crippen LogP contribution in [0.1, 0.15) is 15.9 Å². The van der Waals surface area contributed by atoms with E-state index in [2.05, 4.69) is 17.2 Å². The highest BCUT2D eigenvalue weighted by Gasteiger charge is 2.27. The van der Waals surface area contributed by atoms with Crippen molar-refractivity contribution in [2.75, 3.05) is 29.8 Å².